The van der Waals surface area contributed by atoms with E-state index in [1.54, 1.807) is 11.1 Å². The molecular weight excluding hydrogens is 256 g/mol. The maximum absolute atomic E-state index is 12.4. The van der Waals surface area contributed by atoms with Crippen LogP contribution in [0, 0.1) is 5.92 Å². The molecule has 2 atom stereocenters. The van der Waals surface area contributed by atoms with E-state index >= 15 is 0 Å². The molecule has 1 aromatic carbocycles. The van der Waals surface area contributed by atoms with Crippen molar-refractivity contribution in [2.24, 2.45) is 5.92 Å². The zero-order chi connectivity index (χ0) is 14.4. The normalized spacial score (nSPS) is 29.9. The summed E-state index contributed by atoms with van der Waals surface area (Å²) < 4.78 is 0. The summed E-state index contributed by atoms with van der Waals surface area (Å²) >= 11 is 0. The van der Waals surface area contributed by atoms with Crippen molar-refractivity contribution in [3.63, 3.8) is 0 Å². The van der Waals surface area contributed by atoms with Crippen LogP contribution in [0.3, 0.4) is 0 Å². The fraction of sp³-hybridized carbons (Fsp3) is 0.550. The molecule has 0 amide bonds. The Bertz CT molecular complexity index is 625. The number of fused-ring (bicyclic) bond motifs is 5. The lowest BCUT2D eigenvalue weighted by molar-refractivity contribution is -0.120. The topological polar surface area (TPSA) is 17.1 Å². The molecule has 4 rings (SSSR count). The van der Waals surface area contributed by atoms with Crippen molar-refractivity contribution in [1.82, 2.24) is 0 Å². The smallest absolute Gasteiger partial charge is 0.138 e. The second kappa shape index (κ2) is 4.83. The molecule has 21 heavy (non-hydrogen) atoms. The first-order chi connectivity index (χ1) is 10.2. The summed E-state index contributed by atoms with van der Waals surface area (Å²) in [6, 6.07) is 6.71. The molecule has 0 heterocycles. The Labute approximate surface area is 127 Å². The summed E-state index contributed by atoms with van der Waals surface area (Å²) in [4.78, 5) is 12.4. The van der Waals surface area contributed by atoms with E-state index in [0.29, 0.717) is 18.1 Å². The molecule has 1 heteroatoms. The highest BCUT2D eigenvalue weighted by molar-refractivity contribution is 5.86. The number of hydrogen-bond acceptors (Lipinski definition) is 1. The summed E-state index contributed by atoms with van der Waals surface area (Å²) in [7, 11) is 0. The van der Waals surface area contributed by atoms with Gasteiger partial charge in [-0.3, -0.25) is 4.79 Å². The third kappa shape index (κ3) is 1.93. The minimum atomic E-state index is 0.166. The number of unbranched alkanes of at least 4 members (excludes halogenated alkanes) is 1. The first-order valence-corrected chi connectivity index (χ1v) is 8.54. The average Bonchev–Trinajstić information content (AvgIpc) is 3.05. The summed E-state index contributed by atoms with van der Waals surface area (Å²) in [6.45, 7) is 2.26. The zero-order valence-electron chi connectivity index (χ0n) is 13.0. The number of ketones is 1. The number of benzene rings is 1. The van der Waals surface area contributed by atoms with E-state index in [0.717, 1.165) is 12.8 Å². The van der Waals surface area contributed by atoms with Crippen molar-refractivity contribution in [1.29, 1.82) is 0 Å². The predicted octanol–water partition coefficient (Wildman–Crippen LogP) is 4.52. The van der Waals surface area contributed by atoms with Crippen LogP contribution in [0.4, 0.5) is 0 Å². The third-order valence-corrected chi connectivity index (χ3v) is 5.96. The lowest BCUT2D eigenvalue weighted by Crippen LogP contribution is -2.40. The van der Waals surface area contributed by atoms with Gasteiger partial charge in [0.05, 0.1) is 0 Å². The van der Waals surface area contributed by atoms with Crippen molar-refractivity contribution >= 4 is 5.78 Å². The van der Waals surface area contributed by atoms with E-state index in [2.05, 4.69) is 31.2 Å². The molecular formula is C20H24O. The van der Waals surface area contributed by atoms with Gasteiger partial charge in [0.2, 0.25) is 0 Å². The van der Waals surface area contributed by atoms with Crippen molar-refractivity contribution in [3.8, 4) is 0 Å². The zero-order valence-corrected chi connectivity index (χ0v) is 13.0. The number of carbonyl (C=O) groups excluding carboxylic acids is 1. The Hall–Kier alpha value is -1.37. The number of Topliss-reactive ketones (excluding diaryl/α,β-unsaturated/α-hetero) is 1. The minimum absolute atomic E-state index is 0.166. The monoisotopic (exact) mass is 280 g/mol. The van der Waals surface area contributed by atoms with Crippen LogP contribution >= 0.6 is 0 Å². The van der Waals surface area contributed by atoms with Crippen LogP contribution < -0.4 is 0 Å². The van der Waals surface area contributed by atoms with Crippen molar-refractivity contribution < 1.29 is 4.79 Å². The molecule has 0 N–H and O–H groups in total. The molecule has 1 saturated carbocycles. The van der Waals surface area contributed by atoms with Crippen LogP contribution in [-0.2, 0) is 23.1 Å². The van der Waals surface area contributed by atoms with Crippen LogP contribution in [0.1, 0.15) is 62.1 Å². The number of allylic oxidation sites excluding steroid dienone is 2. The summed E-state index contributed by atoms with van der Waals surface area (Å²) in [6.07, 6.45) is 11.2. The summed E-state index contributed by atoms with van der Waals surface area (Å²) in [5.74, 6) is 1.15. The molecule has 2 unspecified atom stereocenters. The van der Waals surface area contributed by atoms with Crippen LogP contribution in [0.15, 0.2) is 29.8 Å². The second-order valence-corrected chi connectivity index (χ2v) is 7.28. The maximum Gasteiger partial charge on any atom is 0.138 e. The largest absolute Gasteiger partial charge is 0.299 e. The lowest BCUT2D eigenvalue weighted by atomic mass is 9.61. The van der Waals surface area contributed by atoms with Gasteiger partial charge in [0.25, 0.3) is 0 Å². The molecule has 0 radical (unpaired) electrons. The Kier molecular flexibility index (Phi) is 3.06. The molecule has 2 bridgehead atoms. The third-order valence-electron chi connectivity index (χ3n) is 5.96. The number of carbonyl (C=O) groups is 1. The van der Waals surface area contributed by atoms with Gasteiger partial charge in [0.15, 0.2) is 0 Å². The predicted molar refractivity (Wildman–Crippen MR) is 85.5 cm³/mol. The van der Waals surface area contributed by atoms with Crippen LogP contribution in [0.25, 0.3) is 0 Å². The molecule has 0 aromatic heterocycles. The van der Waals surface area contributed by atoms with Crippen molar-refractivity contribution in [2.45, 2.75) is 63.7 Å². The summed E-state index contributed by atoms with van der Waals surface area (Å²) in [5.41, 5.74) is 6.25. The molecule has 1 spiro atoms. The molecule has 1 nitrogen and oxygen atoms in total. The molecule has 3 aliphatic rings. The first kappa shape index (κ1) is 13.3. The van der Waals surface area contributed by atoms with Gasteiger partial charge >= 0.3 is 0 Å². The van der Waals surface area contributed by atoms with Crippen LogP contribution in [0.2, 0.25) is 0 Å². The fourth-order valence-electron chi connectivity index (χ4n) is 5.14. The highest BCUT2D eigenvalue weighted by Crippen LogP contribution is 2.58. The maximum atomic E-state index is 12.4. The van der Waals surface area contributed by atoms with E-state index in [1.807, 2.05) is 0 Å². The Morgan fingerprint density at radius 1 is 1.29 bits per heavy atom. The molecule has 0 saturated heterocycles. The number of hydrogen-bond donors (Lipinski definition) is 0. The minimum Gasteiger partial charge on any atom is -0.299 e. The van der Waals surface area contributed by atoms with Gasteiger partial charge < -0.3 is 0 Å². The molecule has 110 valence electrons. The van der Waals surface area contributed by atoms with Gasteiger partial charge in [-0.15, -0.1) is 0 Å². The Morgan fingerprint density at radius 2 is 2.19 bits per heavy atom. The standard InChI is InChI=1S/C20H24O/c1-2-3-5-15-6-4-7-16-11-18(21)13-20(19(15)16)12-14-8-9-17(20)10-14/h4,6-8,17H,2-3,5,9-13H2,1H3. The van der Waals surface area contributed by atoms with Gasteiger partial charge in [-0.2, -0.15) is 0 Å². The number of aryl methyl sites for hydroxylation is 1. The Morgan fingerprint density at radius 3 is 2.90 bits per heavy atom. The second-order valence-electron chi connectivity index (χ2n) is 7.28. The van der Waals surface area contributed by atoms with Gasteiger partial charge in [-0.25, -0.2) is 0 Å². The van der Waals surface area contributed by atoms with Gasteiger partial charge in [-0.05, 0) is 54.7 Å². The SMILES string of the molecule is CCCCc1cccc2c1C1(CC(=O)C2)CC2=CCC1C2. The fourth-order valence-corrected chi connectivity index (χ4v) is 5.14. The Balaban J connectivity index is 1.85. The molecule has 3 aliphatic carbocycles. The van der Waals surface area contributed by atoms with Crippen LogP contribution in [0.5, 0.6) is 0 Å². The molecule has 1 fully saturated rings. The van der Waals surface area contributed by atoms with E-state index in [-0.39, 0.29) is 5.41 Å². The molecule has 0 aliphatic heterocycles. The van der Waals surface area contributed by atoms with E-state index < -0.39 is 0 Å². The average molecular weight is 280 g/mol. The first-order valence-electron chi connectivity index (χ1n) is 8.54. The lowest BCUT2D eigenvalue weighted by Gasteiger charge is -2.42. The van der Waals surface area contributed by atoms with Gasteiger partial charge in [-0.1, -0.05) is 43.2 Å². The van der Waals surface area contributed by atoms with E-state index in [1.165, 1.54) is 43.2 Å². The highest BCUT2D eigenvalue weighted by atomic mass is 16.1. The number of rotatable bonds is 3. The van der Waals surface area contributed by atoms with E-state index in [9.17, 15) is 4.79 Å². The quantitative estimate of drug-likeness (QED) is 0.744. The van der Waals surface area contributed by atoms with Gasteiger partial charge in [0.1, 0.15) is 5.78 Å². The van der Waals surface area contributed by atoms with Gasteiger partial charge in [0, 0.05) is 18.3 Å². The van der Waals surface area contributed by atoms with E-state index in [4.69, 9.17) is 0 Å². The molecule has 1 aromatic rings. The van der Waals surface area contributed by atoms with Crippen molar-refractivity contribution in [2.75, 3.05) is 0 Å². The summed E-state index contributed by atoms with van der Waals surface area (Å²) in [5, 5.41) is 0. The van der Waals surface area contributed by atoms with Crippen molar-refractivity contribution in [3.05, 3.63) is 46.5 Å². The highest BCUT2D eigenvalue weighted by Gasteiger charge is 2.52. The van der Waals surface area contributed by atoms with Crippen LogP contribution in [-0.4, -0.2) is 5.78 Å².